The fourth-order valence-electron chi connectivity index (χ4n) is 3.15. The van der Waals surface area contributed by atoms with Crippen LogP contribution in [-0.2, 0) is 4.79 Å². The van der Waals surface area contributed by atoms with Crippen molar-refractivity contribution in [1.82, 2.24) is 10.2 Å². The molecule has 0 bridgehead atoms. The predicted molar refractivity (Wildman–Crippen MR) is 98.7 cm³/mol. The number of amides is 1. The Balaban J connectivity index is 1.68. The summed E-state index contributed by atoms with van der Waals surface area (Å²) in [6.45, 7) is 10.6. The van der Waals surface area contributed by atoms with E-state index in [-0.39, 0.29) is 12.5 Å². The third-order valence-corrected chi connectivity index (χ3v) is 4.57. The number of rotatable bonds is 8. The van der Waals surface area contributed by atoms with E-state index < -0.39 is 0 Å². The van der Waals surface area contributed by atoms with E-state index in [1.165, 1.54) is 32.4 Å². The molecule has 1 fully saturated rings. The van der Waals surface area contributed by atoms with E-state index in [0.717, 1.165) is 36.4 Å². The van der Waals surface area contributed by atoms with Crippen LogP contribution in [0.25, 0.3) is 0 Å². The lowest BCUT2D eigenvalue weighted by Crippen LogP contribution is -2.34. The molecule has 0 atom stereocenters. The summed E-state index contributed by atoms with van der Waals surface area (Å²) in [4.78, 5) is 14.5. The van der Waals surface area contributed by atoms with Gasteiger partial charge in [0.25, 0.3) is 5.91 Å². The van der Waals surface area contributed by atoms with Gasteiger partial charge in [0.05, 0.1) is 0 Å². The zero-order valence-corrected chi connectivity index (χ0v) is 15.4. The van der Waals surface area contributed by atoms with Gasteiger partial charge in [-0.3, -0.25) is 4.79 Å². The Morgan fingerprint density at radius 3 is 2.71 bits per heavy atom. The normalized spacial score (nSPS) is 15.5. The maximum Gasteiger partial charge on any atom is 0.257 e. The van der Waals surface area contributed by atoms with Crippen LogP contribution in [0.4, 0.5) is 0 Å². The molecular weight excluding hydrogens is 300 g/mol. The summed E-state index contributed by atoms with van der Waals surface area (Å²) in [6, 6.07) is 6.19. The molecule has 2 rings (SSSR count). The lowest BCUT2D eigenvalue weighted by atomic mass is 10.0. The van der Waals surface area contributed by atoms with E-state index in [4.69, 9.17) is 4.74 Å². The van der Waals surface area contributed by atoms with Crippen LogP contribution in [0, 0.1) is 6.92 Å². The lowest BCUT2D eigenvalue weighted by Gasteiger charge is -2.26. The second-order valence-electron chi connectivity index (χ2n) is 7.09. The molecule has 0 saturated carbocycles. The van der Waals surface area contributed by atoms with Gasteiger partial charge >= 0.3 is 0 Å². The number of nitrogens with zero attached hydrogens (tertiary/aromatic N) is 1. The monoisotopic (exact) mass is 332 g/mol. The molecule has 4 nitrogen and oxygen atoms in total. The van der Waals surface area contributed by atoms with Crippen molar-refractivity contribution in [3.63, 3.8) is 0 Å². The molecule has 134 valence electrons. The van der Waals surface area contributed by atoms with Crippen LogP contribution >= 0.6 is 0 Å². The minimum atomic E-state index is -0.0372. The first-order valence-electron chi connectivity index (χ1n) is 9.28. The molecule has 1 saturated heterocycles. The van der Waals surface area contributed by atoms with Crippen LogP contribution in [0.3, 0.4) is 0 Å². The predicted octanol–water partition coefficient (Wildman–Crippen LogP) is 3.49. The van der Waals surface area contributed by atoms with Crippen molar-refractivity contribution in [3.05, 3.63) is 29.3 Å². The number of likely N-dealkylation sites (tertiary alicyclic amines) is 1. The van der Waals surface area contributed by atoms with Gasteiger partial charge in [0.2, 0.25) is 0 Å². The van der Waals surface area contributed by atoms with Crippen molar-refractivity contribution in [2.24, 2.45) is 0 Å². The average molecular weight is 332 g/mol. The molecule has 1 heterocycles. The van der Waals surface area contributed by atoms with Crippen molar-refractivity contribution in [2.75, 3.05) is 32.8 Å². The topological polar surface area (TPSA) is 41.6 Å². The Bertz CT molecular complexity index is 522. The van der Waals surface area contributed by atoms with E-state index in [1.54, 1.807) is 0 Å². The summed E-state index contributed by atoms with van der Waals surface area (Å²) >= 11 is 0. The summed E-state index contributed by atoms with van der Waals surface area (Å²) in [5.74, 6) is 1.17. The SMILES string of the molecule is Cc1ccc(C(C)C)c(OCC(=O)NCCCN2CCCCC2)c1. The van der Waals surface area contributed by atoms with Crippen molar-refractivity contribution < 1.29 is 9.53 Å². The van der Waals surface area contributed by atoms with Crippen molar-refractivity contribution in [3.8, 4) is 5.75 Å². The summed E-state index contributed by atoms with van der Waals surface area (Å²) in [7, 11) is 0. The van der Waals surface area contributed by atoms with Gasteiger partial charge in [-0.15, -0.1) is 0 Å². The van der Waals surface area contributed by atoms with E-state index in [9.17, 15) is 4.79 Å². The Labute approximate surface area is 146 Å². The zero-order valence-electron chi connectivity index (χ0n) is 15.4. The molecule has 1 amide bonds. The largest absolute Gasteiger partial charge is 0.483 e. The summed E-state index contributed by atoms with van der Waals surface area (Å²) in [5.41, 5.74) is 2.30. The molecule has 1 aliphatic rings. The molecule has 1 aromatic rings. The van der Waals surface area contributed by atoms with Crippen LogP contribution < -0.4 is 10.1 Å². The Morgan fingerprint density at radius 2 is 2.00 bits per heavy atom. The first-order valence-corrected chi connectivity index (χ1v) is 9.28. The lowest BCUT2D eigenvalue weighted by molar-refractivity contribution is -0.123. The van der Waals surface area contributed by atoms with Crippen LogP contribution in [0.2, 0.25) is 0 Å². The third kappa shape index (κ3) is 6.16. The highest BCUT2D eigenvalue weighted by atomic mass is 16.5. The molecule has 0 spiro atoms. The number of benzene rings is 1. The number of nitrogens with one attached hydrogen (secondary N) is 1. The third-order valence-electron chi connectivity index (χ3n) is 4.57. The maximum atomic E-state index is 12.0. The second-order valence-corrected chi connectivity index (χ2v) is 7.09. The number of carbonyl (C=O) groups is 1. The van der Waals surface area contributed by atoms with Gasteiger partial charge in [0.1, 0.15) is 5.75 Å². The van der Waals surface area contributed by atoms with Gasteiger partial charge < -0.3 is 15.0 Å². The molecule has 24 heavy (non-hydrogen) atoms. The smallest absolute Gasteiger partial charge is 0.257 e. The molecule has 0 radical (unpaired) electrons. The fourth-order valence-corrected chi connectivity index (χ4v) is 3.15. The second kappa shape index (κ2) is 9.67. The molecule has 0 aromatic heterocycles. The number of hydrogen-bond donors (Lipinski definition) is 1. The minimum Gasteiger partial charge on any atom is -0.483 e. The molecule has 0 aliphatic carbocycles. The zero-order chi connectivity index (χ0) is 17.4. The highest BCUT2D eigenvalue weighted by molar-refractivity contribution is 5.77. The number of ether oxygens (including phenoxy) is 1. The van der Waals surface area contributed by atoms with Crippen LogP contribution in [-0.4, -0.2) is 43.6 Å². The Morgan fingerprint density at radius 1 is 1.25 bits per heavy atom. The first kappa shape index (κ1) is 18.8. The van der Waals surface area contributed by atoms with Crippen LogP contribution in [0.5, 0.6) is 5.75 Å². The number of aryl methyl sites for hydroxylation is 1. The van der Waals surface area contributed by atoms with E-state index in [2.05, 4.69) is 36.2 Å². The summed E-state index contributed by atoms with van der Waals surface area (Å²) in [6.07, 6.45) is 5.00. The highest BCUT2D eigenvalue weighted by Crippen LogP contribution is 2.27. The summed E-state index contributed by atoms with van der Waals surface area (Å²) in [5, 5.41) is 2.97. The van der Waals surface area contributed by atoms with Crippen LogP contribution in [0.1, 0.15) is 56.6 Å². The van der Waals surface area contributed by atoms with Gasteiger partial charge in [0.15, 0.2) is 6.61 Å². The number of carbonyl (C=O) groups excluding carboxylic acids is 1. The minimum absolute atomic E-state index is 0.0372. The molecule has 1 aliphatic heterocycles. The van der Waals surface area contributed by atoms with Gasteiger partial charge in [-0.1, -0.05) is 32.4 Å². The van der Waals surface area contributed by atoms with Gasteiger partial charge in [-0.05, 0) is 68.9 Å². The van der Waals surface area contributed by atoms with E-state index in [0.29, 0.717) is 5.92 Å². The van der Waals surface area contributed by atoms with Crippen molar-refractivity contribution in [1.29, 1.82) is 0 Å². The van der Waals surface area contributed by atoms with Crippen LogP contribution in [0.15, 0.2) is 18.2 Å². The molecule has 1 aromatic carbocycles. The number of piperidine rings is 1. The van der Waals surface area contributed by atoms with Gasteiger partial charge in [0, 0.05) is 6.54 Å². The quantitative estimate of drug-likeness (QED) is 0.741. The standard InChI is InChI=1S/C20H32N2O2/c1-16(2)18-9-8-17(3)14-19(18)24-15-20(23)21-10-7-13-22-11-5-4-6-12-22/h8-9,14,16H,4-7,10-13,15H2,1-3H3,(H,21,23). The van der Waals surface area contributed by atoms with Crippen molar-refractivity contribution >= 4 is 5.91 Å². The average Bonchev–Trinajstić information content (AvgIpc) is 2.57. The first-order chi connectivity index (χ1) is 11.6. The molecule has 4 heteroatoms. The van der Waals surface area contributed by atoms with E-state index >= 15 is 0 Å². The Kier molecular flexibility index (Phi) is 7.57. The summed E-state index contributed by atoms with van der Waals surface area (Å²) < 4.78 is 5.77. The van der Waals surface area contributed by atoms with E-state index in [1.807, 2.05) is 13.0 Å². The molecule has 1 N–H and O–H groups in total. The van der Waals surface area contributed by atoms with Crippen molar-refractivity contribution in [2.45, 2.75) is 52.4 Å². The highest BCUT2D eigenvalue weighted by Gasteiger charge is 2.11. The van der Waals surface area contributed by atoms with Gasteiger partial charge in [-0.25, -0.2) is 0 Å². The fraction of sp³-hybridized carbons (Fsp3) is 0.650. The molecule has 0 unspecified atom stereocenters. The maximum absolute atomic E-state index is 12.0. The van der Waals surface area contributed by atoms with Gasteiger partial charge in [-0.2, -0.15) is 0 Å². The Hall–Kier alpha value is -1.55. The number of hydrogen-bond acceptors (Lipinski definition) is 3. The molecular formula is C20H32N2O2.